The first kappa shape index (κ1) is 28.8. The Hall–Kier alpha value is -2.20. The standard InChI is InChI=1S/C12H20N2.C10H11ClN2.2C2H6/c1-4-6-11(14-5-2)9-12(13-3)10-7-8-10;1-3-8-5-13-6-9(11)7(2)4-10(13)12-8;2*1-2/h5-6,9-10,13-14H,2,4,7-8H2,1,3H3;4-6H,3H2,1-2H3;2*1-2H3/b11-6-,12-9-;;;. The van der Waals surface area contributed by atoms with Crippen LogP contribution in [-0.4, -0.2) is 16.4 Å². The second-order valence-corrected chi connectivity index (χ2v) is 7.10. The first-order valence-corrected chi connectivity index (χ1v) is 12.0. The first-order valence-electron chi connectivity index (χ1n) is 11.6. The van der Waals surface area contributed by atoms with E-state index in [-0.39, 0.29) is 0 Å². The van der Waals surface area contributed by atoms with Crippen molar-refractivity contribution < 1.29 is 0 Å². The van der Waals surface area contributed by atoms with Crippen LogP contribution in [0.15, 0.2) is 54.8 Å². The highest BCUT2D eigenvalue weighted by Gasteiger charge is 2.25. The van der Waals surface area contributed by atoms with Crippen molar-refractivity contribution >= 4 is 17.2 Å². The van der Waals surface area contributed by atoms with Crippen LogP contribution in [0.2, 0.25) is 5.02 Å². The summed E-state index contributed by atoms with van der Waals surface area (Å²) in [5.41, 5.74) is 5.61. The molecule has 2 heterocycles. The van der Waals surface area contributed by atoms with E-state index in [1.54, 1.807) is 6.20 Å². The zero-order chi connectivity index (χ0) is 23.8. The first-order chi connectivity index (χ1) is 15.0. The Balaban J connectivity index is 0.000000501. The van der Waals surface area contributed by atoms with Gasteiger partial charge < -0.3 is 15.0 Å². The Labute approximate surface area is 195 Å². The van der Waals surface area contributed by atoms with Gasteiger partial charge in [0.1, 0.15) is 5.65 Å². The number of nitrogens with one attached hydrogen (secondary N) is 2. The highest BCUT2D eigenvalue weighted by Crippen LogP contribution is 2.35. The topological polar surface area (TPSA) is 41.4 Å². The molecule has 0 spiro atoms. The average Bonchev–Trinajstić information content (AvgIpc) is 3.56. The summed E-state index contributed by atoms with van der Waals surface area (Å²) < 4.78 is 1.97. The van der Waals surface area contributed by atoms with E-state index in [4.69, 9.17) is 11.6 Å². The average molecular weight is 447 g/mol. The van der Waals surface area contributed by atoms with E-state index in [0.717, 1.165) is 46.4 Å². The quantitative estimate of drug-likeness (QED) is 0.434. The van der Waals surface area contributed by atoms with Crippen LogP contribution in [-0.2, 0) is 6.42 Å². The van der Waals surface area contributed by atoms with Crippen LogP contribution in [0.3, 0.4) is 0 Å². The molecule has 0 bridgehead atoms. The summed E-state index contributed by atoms with van der Waals surface area (Å²) in [6, 6.07) is 2.00. The number of aryl methyl sites for hydroxylation is 2. The highest BCUT2D eigenvalue weighted by molar-refractivity contribution is 6.31. The molecular formula is C26H43ClN4. The van der Waals surface area contributed by atoms with Gasteiger partial charge in [0.25, 0.3) is 0 Å². The molecule has 4 nitrogen and oxygen atoms in total. The Kier molecular flexibility index (Phi) is 15.3. The van der Waals surface area contributed by atoms with Crippen molar-refractivity contribution in [3.8, 4) is 0 Å². The van der Waals surface area contributed by atoms with Gasteiger partial charge in [-0.1, -0.05) is 65.8 Å². The third kappa shape index (κ3) is 10.1. The molecule has 1 saturated carbocycles. The van der Waals surface area contributed by atoms with Crippen LogP contribution >= 0.6 is 11.6 Å². The van der Waals surface area contributed by atoms with Crippen molar-refractivity contribution in [3.05, 3.63) is 71.1 Å². The fraction of sp³-hybridized carbons (Fsp3) is 0.500. The maximum atomic E-state index is 5.99. The molecule has 0 saturated heterocycles. The van der Waals surface area contributed by atoms with Crippen molar-refractivity contribution in [2.24, 2.45) is 5.92 Å². The third-order valence-corrected chi connectivity index (χ3v) is 4.85. The summed E-state index contributed by atoms with van der Waals surface area (Å²) in [4.78, 5) is 4.44. The predicted molar refractivity (Wildman–Crippen MR) is 139 cm³/mol. The normalized spacial score (nSPS) is 13.1. The molecule has 0 amide bonds. The van der Waals surface area contributed by atoms with E-state index in [0.29, 0.717) is 0 Å². The summed E-state index contributed by atoms with van der Waals surface area (Å²) in [7, 11) is 1.99. The highest BCUT2D eigenvalue weighted by atomic mass is 35.5. The number of halogens is 1. The molecular weight excluding hydrogens is 404 g/mol. The lowest BCUT2D eigenvalue weighted by Gasteiger charge is -2.07. The van der Waals surface area contributed by atoms with E-state index >= 15 is 0 Å². The predicted octanol–water partition coefficient (Wildman–Crippen LogP) is 7.44. The molecule has 0 aromatic carbocycles. The molecule has 1 aliphatic rings. The van der Waals surface area contributed by atoms with Crippen molar-refractivity contribution in [3.63, 3.8) is 0 Å². The number of allylic oxidation sites excluding steroid dienone is 3. The number of hydrogen-bond acceptors (Lipinski definition) is 3. The molecule has 0 atom stereocenters. The Morgan fingerprint density at radius 1 is 1.23 bits per heavy atom. The van der Waals surface area contributed by atoms with Gasteiger partial charge in [0.05, 0.1) is 10.7 Å². The van der Waals surface area contributed by atoms with Crippen LogP contribution in [0, 0.1) is 12.8 Å². The monoisotopic (exact) mass is 446 g/mol. The Bertz CT molecular complexity index is 790. The minimum atomic E-state index is 0.756. The maximum Gasteiger partial charge on any atom is 0.137 e. The molecule has 2 aromatic rings. The second kappa shape index (κ2) is 16.5. The summed E-state index contributed by atoms with van der Waals surface area (Å²) in [5, 5.41) is 7.18. The molecule has 1 fully saturated rings. The fourth-order valence-electron chi connectivity index (χ4n) is 2.78. The lowest BCUT2D eigenvalue weighted by Crippen LogP contribution is -2.11. The number of pyridine rings is 1. The summed E-state index contributed by atoms with van der Waals surface area (Å²) in [6.07, 6.45) is 14.6. The largest absolute Gasteiger partial charge is 0.391 e. The van der Waals surface area contributed by atoms with E-state index in [9.17, 15) is 0 Å². The molecule has 0 radical (unpaired) electrons. The molecule has 2 aromatic heterocycles. The van der Waals surface area contributed by atoms with E-state index in [1.807, 2.05) is 64.5 Å². The summed E-state index contributed by atoms with van der Waals surface area (Å²) in [5.74, 6) is 0.756. The van der Waals surface area contributed by atoms with E-state index in [1.165, 1.54) is 18.5 Å². The minimum Gasteiger partial charge on any atom is -0.391 e. The van der Waals surface area contributed by atoms with E-state index in [2.05, 4.69) is 48.2 Å². The SMILES string of the molecule is C=CNC(=C\CC)/C=C(\NC)C1CC1.CC.CC.CCc1cn2cc(Cl)c(C)cc2n1. The second-order valence-electron chi connectivity index (χ2n) is 6.70. The van der Waals surface area contributed by atoms with Crippen LogP contribution < -0.4 is 10.6 Å². The zero-order valence-electron chi connectivity index (χ0n) is 20.8. The van der Waals surface area contributed by atoms with Crippen molar-refractivity contribution in [1.29, 1.82) is 0 Å². The van der Waals surface area contributed by atoms with Gasteiger partial charge >= 0.3 is 0 Å². The van der Waals surface area contributed by atoms with Crippen molar-refractivity contribution in [2.75, 3.05) is 7.05 Å². The summed E-state index contributed by atoms with van der Waals surface area (Å²) >= 11 is 5.99. The van der Waals surface area contributed by atoms with Gasteiger partial charge in [-0.2, -0.15) is 0 Å². The number of aromatic nitrogens is 2. The van der Waals surface area contributed by atoms with Crippen LogP contribution in [0.1, 0.15) is 72.1 Å². The van der Waals surface area contributed by atoms with Crippen molar-refractivity contribution in [1.82, 2.24) is 20.0 Å². The van der Waals surface area contributed by atoms with E-state index < -0.39 is 0 Å². The van der Waals surface area contributed by atoms with Gasteiger partial charge in [0.2, 0.25) is 0 Å². The molecule has 174 valence electrons. The van der Waals surface area contributed by atoms with Crippen LogP contribution in [0.5, 0.6) is 0 Å². The fourth-order valence-corrected chi connectivity index (χ4v) is 2.94. The zero-order valence-corrected chi connectivity index (χ0v) is 21.6. The maximum absolute atomic E-state index is 5.99. The van der Waals surface area contributed by atoms with Gasteiger partial charge in [-0.05, 0) is 62.4 Å². The molecule has 0 unspecified atom stereocenters. The number of nitrogens with zero attached hydrogens (tertiary/aromatic N) is 2. The number of fused-ring (bicyclic) bond motifs is 1. The number of hydrogen-bond donors (Lipinski definition) is 2. The van der Waals surface area contributed by atoms with Gasteiger partial charge in [0, 0.05) is 30.8 Å². The van der Waals surface area contributed by atoms with Gasteiger partial charge in [0.15, 0.2) is 0 Å². The summed E-state index contributed by atoms with van der Waals surface area (Å²) in [6.45, 7) is 17.9. The Morgan fingerprint density at radius 3 is 2.35 bits per heavy atom. The molecule has 31 heavy (non-hydrogen) atoms. The Morgan fingerprint density at radius 2 is 1.87 bits per heavy atom. The van der Waals surface area contributed by atoms with Gasteiger partial charge in [-0.25, -0.2) is 4.98 Å². The van der Waals surface area contributed by atoms with Crippen LogP contribution in [0.25, 0.3) is 5.65 Å². The number of rotatable bonds is 7. The van der Waals surface area contributed by atoms with Gasteiger partial charge in [-0.15, -0.1) is 0 Å². The lowest BCUT2D eigenvalue weighted by molar-refractivity contribution is 0.839. The third-order valence-electron chi connectivity index (χ3n) is 4.46. The smallest absolute Gasteiger partial charge is 0.137 e. The van der Waals surface area contributed by atoms with Crippen LogP contribution in [0.4, 0.5) is 0 Å². The molecule has 2 N–H and O–H groups in total. The van der Waals surface area contributed by atoms with Crippen molar-refractivity contribution in [2.45, 2.75) is 74.1 Å². The minimum absolute atomic E-state index is 0.756. The molecule has 3 rings (SSSR count). The van der Waals surface area contributed by atoms with Gasteiger partial charge in [-0.3, -0.25) is 0 Å². The lowest BCUT2D eigenvalue weighted by atomic mass is 10.2. The molecule has 5 heteroatoms. The number of imidazole rings is 1. The molecule has 0 aliphatic heterocycles. The molecule has 1 aliphatic carbocycles.